The van der Waals surface area contributed by atoms with E-state index in [1.807, 2.05) is 0 Å². The highest BCUT2D eigenvalue weighted by molar-refractivity contribution is 5.80. The molecule has 7 heteroatoms. The lowest BCUT2D eigenvalue weighted by Gasteiger charge is -2.23. The van der Waals surface area contributed by atoms with Crippen molar-refractivity contribution < 1.29 is 26.7 Å². The molecule has 0 bridgehead atoms. The van der Waals surface area contributed by atoms with Gasteiger partial charge < -0.3 is 4.74 Å². The van der Waals surface area contributed by atoms with Crippen LogP contribution >= 0.6 is 0 Å². The van der Waals surface area contributed by atoms with Gasteiger partial charge in [0.2, 0.25) is 0 Å². The Bertz CT molecular complexity index is 1010. The molecule has 0 aliphatic heterocycles. The lowest BCUT2D eigenvalue weighted by Crippen LogP contribution is -2.36. The maximum absolute atomic E-state index is 14.2. The van der Waals surface area contributed by atoms with Crippen LogP contribution in [0.4, 0.5) is 22.0 Å². The Morgan fingerprint density at radius 3 is 2.58 bits per heavy atom. The first-order valence-corrected chi connectivity index (χ1v) is 7.66. The molecule has 0 radical (unpaired) electrons. The second-order valence-electron chi connectivity index (χ2n) is 6.35. The van der Waals surface area contributed by atoms with E-state index in [9.17, 15) is 22.0 Å². The number of nitrogens with zero attached hydrogens (tertiary/aromatic N) is 1. The summed E-state index contributed by atoms with van der Waals surface area (Å²) in [5.74, 6) is -10.9. The molecule has 1 atom stereocenters. The summed E-state index contributed by atoms with van der Waals surface area (Å²) in [4.78, 5) is 0. The van der Waals surface area contributed by atoms with Gasteiger partial charge in [-0.1, -0.05) is 6.58 Å². The molecule has 0 saturated carbocycles. The lowest BCUT2D eigenvalue weighted by molar-refractivity contribution is -0.214. The molecule has 0 saturated heterocycles. The zero-order chi connectivity index (χ0) is 18.9. The molecule has 2 aliphatic carbocycles. The van der Waals surface area contributed by atoms with E-state index in [1.165, 1.54) is 6.07 Å². The molecule has 132 valence electrons. The smallest absolute Gasteiger partial charge is 0.336 e. The normalized spacial score (nSPS) is 21.4. The molecule has 1 unspecified atom stereocenters. The van der Waals surface area contributed by atoms with Crippen LogP contribution in [0.5, 0.6) is 11.5 Å². The highest BCUT2D eigenvalue weighted by Crippen LogP contribution is 2.66. The molecule has 4 rings (SSSR count). The highest BCUT2D eigenvalue weighted by Gasteiger charge is 2.70. The highest BCUT2D eigenvalue weighted by atomic mass is 19.3. The van der Waals surface area contributed by atoms with Crippen molar-refractivity contribution in [2.75, 3.05) is 0 Å². The van der Waals surface area contributed by atoms with E-state index in [1.54, 1.807) is 6.07 Å². The minimum atomic E-state index is -4.27. The van der Waals surface area contributed by atoms with E-state index in [-0.39, 0.29) is 40.2 Å². The first-order valence-electron chi connectivity index (χ1n) is 7.66. The maximum Gasteiger partial charge on any atom is 0.336 e. The van der Waals surface area contributed by atoms with Crippen molar-refractivity contribution in [1.82, 2.24) is 0 Å². The van der Waals surface area contributed by atoms with Gasteiger partial charge in [-0.3, -0.25) is 0 Å². The topological polar surface area (TPSA) is 33.0 Å². The third kappa shape index (κ3) is 2.02. The van der Waals surface area contributed by atoms with Crippen molar-refractivity contribution in [2.24, 2.45) is 0 Å². The summed E-state index contributed by atoms with van der Waals surface area (Å²) in [6.07, 6.45) is -0.308. The van der Waals surface area contributed by atoms with E-state index < -0.39 is 29.1 Å². The van der Waals surface area contributed by atoms with Gasteiger partial charge in [-0.2, -0.15) is 22.8 Å². The van der Waals surface area contributed by atoms with Gasteiger partial charge in [0.05, 0.1) is 17.6 Å². The molecule has 2 aromatic rings. The van der Waals surface area contributed by atoms with E-state index in [4.69, 9.17) is 10.00 Å². The lowest BCUT2D eigenvalue weighted by atomic mass is 10.00. The fourth-order valence-corrected chi connectivity index (χ4v) is 3.66. The summed E-state index contributed by atoms with van der Waals surface area (Å²) >= 11 is 0. The number of nitriles is 1. The van der Waals surface area contributed by atoms with Crippen LogP contribution in [0, 0.1) is 17.1 Å². The average molecular weight is 363 g/mol. The second kappa shape index (κ2) is 5.07. The molecule has 0 fully saturated rings. The molecule has 2 aliphatic rings. The molecule has 0 spiro atoms. The zero-order valence-electron chi connectivity index (χ0n) is 13.1. The predicted octanol–water partition coefficient (Wildman–Crippen LogP) is 5.73. The zero-order valence-corrected chi connectivity index (χ0v) is 13.1. The van der Waals surface area contributed by atoms with E-state index in [0.717, 1.165) is 24.3 Å². The number of alkyl halides is 4. The molecule has 0 heterocycles. The minimum Gasteiger partial charge on any atom is -0.457 e. The van der Waals surface area contributed by atoms with Gasteiger partial charge in [0.25, 0.3) is 0 Å². The molecular weight excluding hydrogens is 353 g/mol. The van der Waals surface area contributed by atoms with E-state index in [2.05, 4.69) is 6.58 Å². The Morgan fingerprint density at radius 1 is 1.15 bits per heavy atom. The maximum atomic E-state index is 14.2. The average Bonchev–Trinajstić information content (AvgIpc) is 2.98. The molecule has 0 N–H and O–H groups in total. The molecule has 0 amide bonds. The minimum absolute atomic E-state index is 0.00681. The largest absolute Gasteiger partial charge is 0.457 e. The Hall–Kier alpha value is -2.88. The van der Waals surface area contributed by atoms with Gasteiger partial charge >= 0.3 is 11.8 Å². The van der Waals surface area contributed by atoms with Crippen molar-refractivity contribution in [2.45, 2.75) is 24.2 Å². The predicted molar refractivity (Wildman–Crippen MR) is 82.9 cm³/mol. The third-order valence-corrected chi connectivity index (χ3v) is 4.78. The molecule has 0 aromatic heterocycles. The SMILES string of the molecule is C=C1CC2c3c(ccc(Oc4cc(F)cc(C#N)c4)c31)C(F)(F)C2(F)F. The van der Waals surface area contributed by atoms with E-state index in [0.29, 0.717) is 0 Å². The van der Waals surface area contributed by atoms with Gasteiger partial charge in [0.15, 0.2) is 0 Å². The molecule has 26 heavy (non-hydrogen) atoms. The van der Waals surface area contributed by atoms with Gasteiger partial charge in [-0.25, -0.2) is 4.39 Å². The molecular formula is C19H10F5NO. The van der Waals surface area contributed by atoms with E-state index >= 15 is 0 Å². The van der Waals surface area contributed by atoms with Crippen LogP contribution in [-0.2, 0) is 5.92 Å². The van der Waals surface area contributed by atoms with Gasteiger partial charge in [0.1, 0.15) is 17.3 Å². The van der Waals surface area contributed by atoms with Crippen LogP contribution in [0.15, 0.2) is 36.9 Å². The van der Waals surface area contributed by atoms with Crippen molar-refractivity contribution in [1.29, 1.82) is 5.26 Å². The number of allylic oxidation sites excluding steroid dienone is 1. The second-order valence-corrected chi connectivity index (χ2v) is 6.35. The van der Waals surface area contributed by atoms with Crippen LogP contribution < -0.4 is 4.74 Å². The Morgan fingerprint density at radius 2 is 1.88 bits per heavy atom. The summed E-state index contributed by atoms with van der Waals surface area (Å²) in [5, 5.41) is 8.89. The number of ether oxygens (including phenoxy) is 1. The van der Waals surface area contributed by atoms with Gasteiger partial charge in [0, 0.05) is 17.2 Å². The van der Waals surface area contributed by atoms with Crippen LogP contribution in [0.25, 0.3) is 5.57 Å². The first kappa shape index (κ1) is 16.6. The summed E-state index contributed by atoms with van der Waals surface area (Å²) < 4.78 is 75.7. The standard InChI is InChI=1S/C19H10F5NO/c1-9-4-14-17-13(18(21,22)19(14,23)24)2-3-15(16(9)17)26-12-6-10(8-25)5-11(20)7-12/h2-3,5-7,14H,1,4H2. The Labute approximate surface area is 145 Å². The number of hydrogen-bond acceptors (Lipinski definition) is 2. The third-order valence-electron chi connectivity index (χ3n) is 4.78. The summed E-state index contributed by atoms with van der Waals surface area (Å²) in [6, 6.07) is 7.10. The number of hydrogen-bond donors (Lipinski definition) is 0. The van der Waals surface area contributed by atoms with Crippen LogP contribution in [0.3, 0.4) is 0 Å². The molecule has 2 nitrogen and oxygen atoms in total. The first-order chi connectivity index (χ1) is 12.2. The van der Waals surface area contributed by atoms with Crippen molar-refractivity contribution in [3.63, 3.8) is 0 Å². The van der Waals surface area contributed by atoms with Crippen LogP contribution in [-0.4, -0.2) is 5.92 Å². The Kier molecular flexibility index (Phi) is 3.23. The number of rotatable bonds is 2. The monoisotopic (exact) mass is 363 g/mol. The summed E-state index contributed by atoms with van der Waals surface area (Å²) in [7, 11) is 0. The van der Waals surface area contributed by atoms with Crippen LogP contribution in [0.1, 0.15) is 34.6 Å². The van der Waals surface area contributed by atoms with Gasteiger partial charge in [-0.15, -0.1) is 0 Å². The van der Waals surface area contributed by atoms with Crippen LogP contribution in [0.2, 0.25) is 0 Å². The summed E-state index contributed by atoms with van der Waals surface area (Å²) in [5.41, 5.74) is -0.529. The quantitative estimate of drug-likeness (QED) is 0.638. The number of halogens is 5. The van der Waals surface area contributed by atoms with Crippen molar-refractivity contribution >= 4 is 5.57 Å². The Balaban J connectivity index is 1.85. The fourth-order valence-electron chi connectivity index (χ4n) is 3.66. The van der Waals surface area contributed by atoms with Crippen molar-refractivity contribution in [3.8, 4) is 17.6 Å². The van der Waals surface area contributed by atoms with Gasteiger partial charge in [-0.05, 0) is 41.8 Å². The summed E-state index contributed by atoms with van der Waals surface area (Å²) in [6.45, 7) is 3.70. The number of benzene rings is 2. The van der Waals surface area contributed by atoms with Crippen molar-refractivity contribution in [3.05, 3.63) is 65.0 Å². The fraction of sp³-hybridized carbons (Fsp3) is 0.211. The molecule has 2 aromatic carbocycles.